The van der Waals surface area contributed by atoms with E-state index in [1.165, 1.54) is 24.3 Å². The number of aromatic carboxylic acids is 1. The molecule has 2 rings (SSSR count). The van der Waals surface area contributed by atoms with Crippen molar-refractivity contribution in [1.29, 1.82) is 0 Å². The third kappa shape index (κ3) is 1.96. The minimum atomic E-state index is -1.20. The van der Waals surface area contributed by atoms with E-state index >= 15 is 0 Å². The zero-order valence-electron chi connectivity index (χ0n) is 7.78. The Bertz CT molecular complexity index is 535. The number of halogens is 2. The van der Waals surface area contributed by atoms with Crippen LogP contribution in [0, 0.1) is 5.82 Å². The molecule has 0 aliphatic carbocycles. The number of oxazole rings is 1. The molecule has 0 amide bonds. The quantitative estimate of drug-likeness (QED) is 0.921. The van der Waals surface area contributed by atoms with Crippen molar-refractivity contribution in [2.24, 2.45) is 0 Å². The summed E-state index contributed by atoms with van der Waals surface area (Å²) in [5.74, 6) is -1.51. The molecule has 0 spiro atoms. The molecule has 0 bridgehead atoms. The Morgan fingerprint density at radius 3 is 2.56 bits per heavy atom. The fourth-order valence-corrected chi connectivity index (χ4v) is 1.58. The summed E-state index contributed by atoms with van der Waals surface area (Å²) in [6.07, 6.45) is 0. The summed E-state index contributed by atoms with van der Waals surface area (Å²) >= 11 is 2.95. The number of rotatable bonds is 2. The molecule has 6 heteroatoms. The summed E-state index contributed by atoms with van der Waals surface area (Å²) in [5.41, 5.74) is 0.246. The SMILES string of the molecule is O=C(O)c1nc(Br)oc1-c1ccc(F)cc1. The Kier molecular flexibility index (Phi) is 2.74. The highest BCUT2D eigenvalue weighted by atomic mass is 79.9. The van der Waals surface area contributed by atoms with Gasteiger partial charge >= 0.3 is 5.97 Å². The summed E-state index contributed by atoms with van der Waals surface area (Å²) in [5, 5.41) is 8.88. The summed E-state index contributed by atoms with van der Waals surface area (Å²) in [6, 6.07) is 5.29. The fourth-order valence-electron chi connectivity index (χ4n) is 1.24. The first-order valence-corrected chi connectivity index (χ1v) is 5.03. The van der Waals surface area contributed by atoms with E-state index < -0.39 is 11.8 Å². The van der Waals surface area contributed by atoms with Crippen LogP contribution in [0.4, 0.5) is 4.39 Å². The predicted octanol–water partition coefficient (Wildman–Crippen LogP) is 2.94. The fraction of sp³-hybridized carbons (Fsp3) is 0. The monoisotopic (exact) mass is 285 g/mol. The maximum Gasteiger partial charge on any atom is 0.358 e. The molecule has 82 valence electrons. The molecule has 0 atom stereocenters. The highest BCUT2D eigenvalue weighted by molar-refractivity contribution is 9.10. The molecule has 0 radical (unpaired) electrons. The van der Waals surface area contributed by atoms with E-state index in [1.54, 1.807) is 0 Å². The van der Waals surface area contributed by atoms with Crippen LogP contribution < -0.4 is 0 Å². The van der Waals surface area contributed by atoms with Crippen LogP contribution in [0.2, 0.25) is 0 Å². The molecule has 0 unspecified atom stereocenters. The first-order chi connectivity index (χ1) is 7.58. The third-order valence-corrected chi connectivity index (χ3v) is 2.25. The van der Waals surface area contributed by atoms with Gasteiger partial charge in [-0.25, -0.2) is 9.18 Å². The smallest absolute Gasteiger partial charge is 0.358 e. The minimum absolute atomic E-state index is 0.0734. The van der Waals surface area contributed by atoms with Crippen molar-refractivity contribution in [1.82, 2.24) is 4.98 Å². The Morgan fingerprint density at radius 1 is 1.38 bits per heavy atom. The van der Waals surface area contributed by atoms with E-state index in [-0.39, 0.29) is 16.3 Å². The lowest BCUT2D eigenvalue weighted by Crippen LogP contribution is -1.98. The second-order valence-electron chi connectivity index (χ2n) is 2.96. The van der Waals surface area contributed by atoms with Gasteiger partial charge in [0, 0.05) is 21.5 Å². The van der Waals surface area contributed by atoms with Gasteiger partial charge in [-0.15, -0.1) is 0 Å². The van der Waals surface area contributed by atoms with Crippen molar-refractivity contribution in [3.8, 4) is 11.3 Å². The van der Waals surface area contributed by atoms with E-state index in [2.05, 4.69) is 20.9 Å². The standard InChI is InChI=1S/C10H5BrFNO3/c11-10-13-7(9(14)15)8(16-10)5-1-3-6(12)4-2-5/h1-4H,(H,14,15). The molecule has 4 nitrogen and oxygen atoms in total. The van der Waals surface area contributed by atoms with Gasteiger partial charge in [-0.2, -0.15) is 4.98 Å². The third-order valence-electron chi connectivity index (χ3n) is 1.91. The Morgan fingerprint density at radius 2 is 2.00 bits per heavy atom. The van der Waals surface area contributed by atoms with E-state index in [0.717, 1.165) is 0 Å². The summed E-state index contributed by atoms with van der Waals surface area (Å²) < 4.78 is 17.8. The molecule has 1 aromatic heterocycles. The lowest BCUT2D eigenvalue weighted by atomic mass is 10.1. The van der Waals surface area contributed by atoms with Gasteiger partial charge in [0.15, 0.2) is 11.5 Å². The molecule has 1 heterocycles. The van der Waals surface area contributed by atoms with Gasteiger partial charge in [0.2, 0.25) is 0 Å². The molecule has 0 saturated carbocycles. The van der Waals surface area contributed by atoms with Gasteiger partial charge in [0.05, 0.1) is 0 Å². The summed E-state index contributed by atoms with van der Waals surface area (Å²) in [4.78, 5) is 14.6. The molecule has 2 aromatic rings. The van der Waals surface area contributed by atoms with Crippen LogP contribution in [-0.4, -0.2) is 16.1 Å². The second kappa shape index (κ2) is 4.05. The molecule has 16 heavy (non-hydrogen) atoms. The van der Waals surface area contributed by atoms with Crippen molar-refractivity contribution in [2.75, 3.05) is 0 Å². The number of carbonyl (C=O) groups is 1. The predicted molar refractivity (Wildman–Crippen MR) is 56.6 cm³/mol. The van der Waals surface area contributed by atoms with Crippen molar-refractivity contribution in [2.45, 2.75) is 0 Å². The van der Waals surface area contributed by atoms with Gasteiger partial charge in [-0.1, -0.05) is 0 Å². The zero-order valence-corrected chi connectivity index (χ0v) is 9.36. The average molecular weight is 286 g/mol. The van der Waals surface area contributed by atoms with Crippen LogP contribution in [0.5, 0.6) is 0 Å². The first kappa shape index (κ1) is 10.8. The maximum absolute atomic E-state index is 12.7. The van der Waals surface area contributed by atoms with Gasteiger partial charge in [-0.05, 0) is 24.3 Å². The number of benzene rings is 1. The number of nitrogens with zero attached hydrogens (tertiary/aromatic N) is 1. The largest absolute Gasteiger partial charge is 0.476 e. The lowest BCUT2D eigenvalue weighted by molar-refractivity contribution is 0.0691. The van der Waals surface area contributed by atoms with Crippen LogP contribution in [0.1, 0.15) is 10.5 Å². The maximum atomic E-state index is 12.7. The van der Waals surface area contributed by atoms with Crippen LogP contribution in [-0.2, 0) is 0 Å². The topological polar surface area (TPSA) is 63.3 Å². The van der Waals surface area contributed by atoms with Crippen molar-refractivity contribution < 1.29 is 18.7 Å². The molecule has 0 aliphatic rings. The van der Waals surface area contributed by atoms with Gasteiger partial charge in [0.25, 0.3) is 4.80 Å². The van der Waals surface area contributed by atoms with Crippen molar-refractivity contribution >= 4 is 21.9 Å². The van der Waals surface area contributed by atoms with E-state index in [0.29, 0.717) is 5.56 Å². The summed E-state index contributed by atoms with van der Waals surface area (Å²) in [6.45, 7) is 0. The highest BCUT2D eigenvalue weighted by Crippen LogP contribution is 2.27. The van der Waals surface area contributed by atoms with E-state index in [4.69, 9.17) is 9.52 Å². The number of hydrogen-bond acceptors (Lipinski definition) is 3. The molecular formula is C10H5BrFNO3. The van der Waals surface area contributed by atoms with E-state index in [1.807, 2.05) is 0 Å². The van der Waals surface area contributed by atoms with Gasteiger partial charge in [0.1, 0.15) is 5.82 Å². The Balaban J connectivity index is 2.55. The number of carboxylic acids is 1. The minimum Gasteiger partial charge on any atom is -0.476 e. The highest BCUT2D eigenvalue weighted by Gasteiger charge is 2.19. The van der Waals surface area contributed by atoms with Crippen LogP contribution in [0.3, 0.4) is 0 Å². The van der Waals surface area contributed by atoms with E-state index in [9.17, 15) is 9.18 Å². The molecule has 0 fully saturated rings. The van der Waals surface area contributed by atoms with Gasteiger partial charge in [-0.3, -0.25) is 0 Å². The number of carboxylic acid groups (broad SMARTS) is 1. The van der Waals surface area contributed by atoms with Gasteiger partial charge < -0.3 is 9.52 Å². The normalized spacial score (nSPS) is 10.4. The summed E-state index contributed by atoms with van der Waals surface area (Å²) in [7, 11) is 0. The van der Waals surface area contributed by atoms with Crippen LogP contribution >= 0.6 is 15.9 Å². The molecule has 0 aliphatic heterocycles. The Hall–Kier alpha value is -1.69. The molecule has 1 N–H and O–H groups in total. The molecular weight excluding hydrogens is 281 g/mol. The average Bonchev–Trinajstić information content (AvgIpc) is 2.61. The lowest BCUT2D eigenvalue weighted by Gasteiger charge is -1.97. The number of aromatic nitrogens is 1. The van der Waals surface area contributed by atoms with Crippen molar-refractivity contribution in [3.05, 3.63) is 40.6 Å². The molecule has 0 saturated heterocycles. The second-order valence-corrected chi connectivity index (χ2v) is 3.63. The number of hydrogen-bond donors (Lipinski definition) is 1. The van der Waals surface area contributed by atoms with Crippen LogP contribution in [0.15, 0.2) is 33.5 Å². The Labute approximate surface area is 97.9 Å². The zero-order chi connectivity index (χ0) is 11.7. The first-order valence-electron chi connectivity index (χ1n) is 4.23. The van der Waals surface area contributed by atoms with Crippen LogP contribution in [0.25, 0.3) is 11.3 Å². The van der Waals surface area contributed by atoms with Crippen molar-refractivity contribution in [3.63, 3.8) is 0 Å². The molecule has 1 aromatic carbocycles.